The number of aliphatic hydroxyl groups is 1. The first kappa shape index (κ1) is 12.3. The standard InChI is InChI=1S/C11H14ClFO2/c1-11(2,14)5-6-15-10-4-3-8(13)7-9(10)12/h3-4,7,14H,5-6H2,1-2H3. The molecule has 0 amide bonds. The minimum atomic E-state index is -0.771. The molecule has 15 heavy (non-hydrogen) atoms. The molecule has 0 saturated carbocycles. The van der Waals surface area contributed by atoms with Crippen LogP contribution in [0.15, 0.2) is 18.2 Å². The molecule has 0 aromatic heterocycles. The van der Waals surface area contributed by atoms with E-state index in [9.17, 15) is 9.50 Å². The lowest BCUT2D eigenvalue weighted by atomic mass is 10.1. The van der Waals surface area contributed by atoms with Crippen molar-refractivity contribution in [2.24, 2.45) is 0 Å². The molecule has 0 spiro atoms. The molecule has 0 unspecified atom stereocenters. The van der Waals surface area contributed by atoms with E-state index in [1.807, 2.05) is 0 Å². The molecule has 0 fully saturated rings. The number of benzene rings is 1. The fourth-order valence-corrected chi connectivity index (χ4v) is 1.22. The number of hydrogen-bond donors (Lipinski definition) is 1. The van der Waals surface area contributed by atoms with E-state index in [0.717, 1.165) is 0 Å². The Morgan fingerprint density at radius 2 is 2.13 bits per heavy atom. The Hall–Kier alpha value is -0.800. The van der Waals surface area contributed by atoms with Gasteiger partial charge in [-0.05, 0) is 32.0 Å². The van der Waals surface area contributed by atoms with E-state index in [1.54, 1.807) is 13.8 Å². The Morgan fingerprint density at radius 1 is 1.47 bits per heavy atom. The van der Waals surface area contributed by atoms with Crippen molar-refractivity contribution in [1.29, 1.82) is 0 Å². The molecule has 84 valence electrons. The predicted molar refractivity (Wildman–Crippen MR) is 57.8 cm³/mol. The molecular weight excluding hydrogens is 219 g/mol. The average Bonchev–Trinajstić information content (AvgIpc) is 2.07. The molecule has 1 rings (SSSR count). The van der Waals surface area contributed by atoms with Crippen LogP contribution in [-0.4, -0.2) is 17.3 Å². The van der Waals surface area contributed by atoms with Gasteiger partial charge in [0.25, 0.3) is 0 Å². The smallest absolute Gasteiger partial charge is 0.138 e. The topological polar surface area (TPSA) is 29.5 Å². The summed E-state index contributed by atoms with van der Waals surface area (Å²) in [5.41, 5.74) is -0.771. The number of halogens is 2. The van der Waals surface area contributed by atoms with Gasteiger partial charge in [0.2, 0.25) is 0 Å². The molecular formula is C11H14ClFO2. The zero-order chi connectivity index (χ0) is 11.5. The molecule has 0 aliphatic carbocycles. The first-order valence-corrected chi connectivity index (χ1v) is 5.06. The fourth-order valence-electron chi connectivity index (χ4n) is 1.00. The Bertz CT molecular complexity index is 334. The molecule has 1 N–H and O–H groups in total. The minimum Gasteiger partial charge on any atom is -0.492 e. The van der Waals surface area contributed by atoms with Crippen LogP contribution >= 0.6 is 11.6 Å². The van der Waals surface area contributed by atoms with E-state index in [4.69, 9.17) is 16.3 Å². The largest absolute Gasteiger partial charge is 0.492 e. The highest BCUT2D eigenvalue weighted by atomic mass is 35.5. The molecule has 0 radical (unpaired) electrons. The SMILES string of the molecule is CC(C)(O)CCOc1ccc(F)cc1Cl. The maximum absolute atomic E-state index is 12.7. The van der Waals surface area contributed by atoms with Crippen LogP contribution in [0.2, 0.25) is 5.02 Å². The summed E-state index contributed by atoms with van der Waals surface area (Å²) in [7, 11) is 0. The Balaban J connectivity index is 2.51. The quantitative estimate of drug-likeness (QED) is 0.865. The van der Waals surface area contributed by atoms with Gasteiger partial charge in [-0.3, -0.25) is 0 Å². The minimum absolute atomic E-state index is 0.241. The van der Waals surface area contributed by atoms with Crippen molar-refractivity contribution in [3.63, 3.8) is 0 Å². The highest BCUT2D eigenvalue weighted by Gasteiger charge is 2.12. The van der Waals surface area contributed by atoms with Crippen molar-refractivity contribution in [3.05, 3.63) is 29.0 Å². The highest BCUT2D eigenvalue weighted by Crippen LogP contribution is 2.25. The van der Waals surface area contributed by atoms with Gasteiger partial charge in [-0.25, -0.2) is 4.39 Å². The first-order chi connectivity index (χ1) is 6.88. The van der Waals surface area contributed by atoms with Gasteiger partial charge in [0, 0.05) is 6.42 Å². The molecule has 0 bridgehead atoms. The lowest BCUT2D eigenvalue weighted by molar-refractivity contribution is 0.0553. The van der Waals surface area contributed by atoms with E-state index in [2.05, 4.69) is 0 Å². The molecule has 1 aromatic carbocycles. The van der Waals surface area contributed by atoms with E-state index < -0.39 is 11.4 Å². The van der Waals surface area contributed by atoms with Gasteiger partial charge in [0.05, 0.1) is 17.2 Å². The summed E-state index contributed by atoms with van der Waals surface area (Å²) in [5.74, 6) is 0.0390. The number of ether oxygens (including phenoxy) is 1. The molecule has 0 saturated heterocycles. The average molecular weight is 233 g/mol. The van der Waals surface area contributed by atoms with Crippen LogP contribution in [-0.2, 0) is 0 Å². The van der Waals surface area contributed by atoms with Crippen LogP contribution in [0.4, 0.5) is 4.39 Å². The van der Waals surface area contributed by atoms with Gasteiger partial charge in [0.15, 0.2) is 0 Å². The van der Waals surface area contributed by atoms with Crippen molar-refractivity contribution in [2.45, 2.75) is 25.9 Å². The first-order valence-electron chi connectivity index (χ1n) is 4.69. The van der Waals surface area contributed by atoms with Crippen LogP contribution in [0, 0.1) is 5.82 Å². The zero-order valence-electron chi connectivity index (χ0n) is 8.76. The van der Waals surface area contributed by atoms with Crippen molar-refractivity contribution in [2.75, 3.05) is 6.61 Å². The van der Waals surface area contributed by atoms with Crippen molar-refractivity contribution < 1.29 is 14.2 Å². The number of rotatable bonds is 4. The van der Waals surface area contributed by atoms with Gasteiger partial charge in [-0.2, -0.15) is 0 Å². The van der Waals surface area contributed by atoms with Gasteiger partial charge in [-0.15, -0.1) is 0 Å². The molecule has 0 atom stereocenters. The van der Waals surface area contributed by atoms with E-state index in [-0.39, 0.29) is 5.02 Å². The second kappa shape index (κ2) is 4.81. The van der Waals surface area contributed by atoms with Crippen molar-refractivity contribution in [1.82, 2.24) is 0 Å². The van der Waals surface area contributed by atoms with Gasteiger partial charge in [-0.1, -0.05) is 11.6 Å². The third kappa shape index (κ3) is 4.49. The second-order valence-electron chi connectivity index (χ2n) is 3.99. The summed E-state index contributed by atoms with van der Waals surface area (Å²) in [4.78, 5) is 0. The normalized spacial score (nSPS) is 11.5. The second-order valence-corrected chi connectivity index (χ2v) is 4.39. The van der Waals surface area contributed by atoms with Crippen molar-refractivity contribution >= 4 is 11.6 Å². The van der Waals surface area contributed by atoms with Gasteiger partial charge in [0.1, 0.15) is 11.6 Å². The zero-order valence-corrected chi connectivity index (χ0v) is 9.51. The molecule has 0 heterocycles. The lowest BCUT2D eigenvalue weighted by Crippen LogP contribution is -2.21. The summed E-state index contributed by atoms with van der Waals surface area (Å²) in [5, 5.41) is 9.68. The van der Waals surface area contributed by atoms with Gasteiger partial charge < -0.3 is 9.84 Å². The van der Waals surface area contributed by atoms with Crippen molar-refractivity contribution in [3.8, 4) is 5.75 Å². The molecule has 0 aliphatic rings. The Labute approximate surface area is 93.6 Å². The highest BCUT2D eigenvalue weighted by molar-refractivity contribution is 6.32. The third-order valence-corrected chi connectivity index (χ3v) is 2.16. The Kier molecular flexibility index (Phi) is 3.94. The predicted octanol–water partition coefficient (Wildman–Crippen LogP) is 3.02. The maximum atomic E-state index is 12.7. The maximum Gasteiger partial charge on any atom is 0.138 e. The summed E-state index contributed by atoms with van der Waals surface area (Å²) >= 11 is 5.75. The lowest BCUT2D eigenvalue weighted by Gasteiger charge is -2.17. The Morgan fingerprint density at radius 3 is 2.67 bits per heavy atom. The molecule has 2 nitrogen and oxygen atoms in total. The van der Waals surface area contributed by atoms with Crippen LogP contribution in [0.3, 0.4) is 0 Å². The van der Waals surface area contributed by atoms with Crippen LogP contribution in [0.5, 0.6) is 5.75 Å². The van der Waals surface area contributed by atoms with E-state index in [1.165, 1.54) is 18.2 Å². The monoisotopic (exact) mass is 232 g/mol. The van der Waals surface area contributed by atoms with E-state index >= 15 is 0 Å². The summed E-state index contributed by atoms with van der Waals surface area (Å²) in [6.07, 6.45) is 0.487. The molecule has 4 heteroatoms. The van der Waals surface area contributed by atoms with E-state index in [0.29, 0.717) is 18.8 Å². The summed E-state index contributed by atoms with van der Waals surface area (Å²) in [6, 6.07) is 3.95. The van der Waals surface area contributed by atoms with Crippen LogP contribution in [0.25, 0.3) is 0 Å². The van der Waals surface area contributed by atoms with Crippen LogP contribution < -0.4 is 4.74 Å². The fraction of sp³-hybridized carbons (Fsp3) is 0.455. The van der Waals surface area contributed by atoms with Gasteiger partial charge >= 0.3 is 0 Å². The summed E-state index contributed by atoms with van der Waals surface area (Å²) < 4.78 is 18.0. The molecule has 0 aliphatic heterocycles. The van der Waals surface area contributed by atoms with Crippen LogP contribution in [0.1, 0.15) is 20.3 Å². The molecule has 1 aromatic rings. The third-order valence-electron chi connectivity index (χ3n) is 1.87. The number of hydrogen-bond acceptors (Lipinski definition) is 2. The summed E-state index contributed by atoms with van der Waals surface area (Å²) in [6.45, 7) is 3.74.